The highest BCUT2D eigenvalue weighted by molar-refractivity contribution is 5.42. The lowest BCUT2D eigenvalue weighted by molar-refractivity contribution is 0.0896. The van der Waals surface area contributed by atoms with Crippen molar-refractivity contribution in [3.05, 3.63) is 34.9 Å². The third-order valence-electron chi connectivity index (χ3n) is 3.22. The van der Waals surface area contributed by atoms with Gasteiger partial charge in [-0.3, -0.25) is 0 Å². The lowest BCUT2D eigenvalue weighted by Gasteiger charge is -2.15. The summed E-state index contributed by atoms with van der Waals surface area (Å²) in [5.41, 5.74) is 7.12. The SMILES string of the molecule is Cc1cc(C)cc(C2(CN)CC2(F)F)c1. The highest BCUT2D eigenvalue weighted by Gasteiger charge is 2.71. The van der Waals surface area contributed by atoms with Crippen LogP contribution in [0.1, 0.15) is 23.1 Å². The smallest absolute Gasteiger partial charge is 0.260 e. The first-order chi connectivity index (χ1) is 6.91. The molecule has 1 unspecified atom stereocenters. The maximum atomic E-state index is 13.3. The van der Waals surface area contributed by atoms with E-state index in [1.807, 2.05) is 32.0 Å². The second-order valence-electron chi connectivity index (χ2n) is 4.54. The lowest BCUT2D eigenvalue weighted by Crippen LogP contribution is -2.26. The summed E-state index contributed by atoms with van der Waals surface area (Å²) in [6, 6.07) is 5.62. The average Bonchev–Trinajstić information content (AvgIpc) is 2.68. The fourth-order valence-electron chi connectivity index (χ4n) is 2.24. The van der Waals surface area contributed by atoms with Crippen LogP contribution in [0.25, 0.3) is 0 Å². The second kappa shape index (κ2) is 3.01. The number of nitrogens with two attached hydrogens (primary N) is 1. The molecule has 1 aliphatic carbocycles. The van der Waals surface area contributed by atoms with Crippen LogP contribution in [0.4, 0.5) is 8.78 Å². The van der Waals surface area contributed by atoms with Crippen LogP contribution in [0.15, 0.2) is 18.2 Å². The van der Waals surface area contributed by atoms with Gasteiger partial charge in [-0.15, -0.1) is 0 Å². The van der Waals surface area contributed by atoms with Crippen molar-refractivity contribution >= 4 is 0 Å². The van der Waals surface area contributed by atoms with Crippen LogP contribution < -0.4 is 5.73 Å². The number of hydrogen-bond acceptors (Lipinski definition) is 1. The fourth-order valence-corrected chi connectivity index (χ4v) is 2.24. The van der Waals surface area contributed by atoms with Crippen LogP contribution in [0.3, 0.4) is 0 Å². The van der Waals surface area contributed by atoms with Crippen LogP contribution in [0.2, 0.25) is 0 Å². The molecule has 3 heteroatoms. The van der Waals surface area contributed by atoms with Crippen molar-refractivity contribution in [1.82, 2.24) is 0 Å². The molecule has 0 bridgehead atoms. The molecule has 15 heavy (non-hydrogen) atoms. The molecule has 1 aromatic rings. The maximum absolute atomic E-state index is 13.3. The number of halogens is 2. The molecule has 1 atom stereocenters. The van der Waals surface area contributed by atoms with Gasteiger partial charge in [0.05, 0.1) is 5.41 Å². The molecule has 1 nitrogen and oxygen atoms in total. The Morgan fingerprint density at radius 1 is 1.20 bits per heavy atom. The van der Waals surface area contributed by atoms with Crippen molar-refractivity contribution in [3.63, 3.8) is 0 Å². The number of alkyl halides is 2. The Hall–Kier alpha value is -0.960. The molecular weight excluding hydrogens is 196 g/mol. The standard InChI is InChI=1S/C12H15F2N/c1-8-3-9(2)5-10(4-8)11(7-15)6-12(11,13)14/h3-5H,6-7,15H2,1-2H3. The summed E-state index contributed by atoms with van der Waals surface area (Å²) in [7, 11) is 0. The van der Waals surface area contributed by atoms with E-state index < -0.39 is 11.3 Å². The Balaban J connectivity index is 2.46. The molecule has 0 amide bonds. The largest absolute Gasteiger partial charge is 0.329 e. The summed E-state index contributed by atoms with van der Waals surface area (Å²) >= 11 is 0. The summed E-state index contributed by atoms with van der Waals surface area (Å²) in [6.45, 7) is 3.85. The average molecular weight is 211 g/mol. The van der Waals surface area contributed by atoms with Gasteiger partial charge < -0.3 is 5.73 Å². The molecular formula is C12H15F2N. The van der Waals surface area contributed by atoms with Gasteiger partial charge in [0.1, 0.15) is 0 Å². The van der Waals surface area contributed by atoms with E-state index in [0.29, 0.717) is 5.56 Å². The minimum Gasteiger partial charge on any atom is -0.329 e. The summed E-state index contributed by atoms with van der Waals surface area (Å²) in [5.74, 6) is -2.62. The molecule has 0 heterocycles. The molecule has 0 radical (unpaired) electrons. The number of aryl methyl sites for hydroxylation is 2. The fraction of sp³-hybridized carbons (Fsp3) is 0.500. The van der Waals surface area contributed by atoms with Gasteiger partial charge in [-0.2, -0.15) is 0 Å². The summed E-state index contributed by atoms with van der Waals surface area (Å²) in [4.78, 5) is 0. The highest BCUT2D eigenvalue weighted by Crippen LogP contribution is 2.61. The normalized spacial score (nSPS) is 27.8. The van der Waals surface area contributed by atoms with E-state index in [4.69, 9.17) is 5.73 Å². The molecule has 1 fully saturated rings. The topological polar surface area (TPSA) is 26.0 Å². The van der Waals surface area contributed by atoms with Gasteiger partial charge in [-0.25, -0.2) is 8.78 Å². The predicted molar refractivity (Wildman–Crippen MR) is 56.2 cm³/mol. The number of rotatable bonds is 2. The predicted octanol–water partition coefficient (Wildman–Crippen LogP) is 2.54. The zero-order valence-corrected chi connectivity index (χ0v) is 8.98. The molecule has 82 valence electrons. The lowest BCUT2D eigenvalue weighted by atomic mass is 9.92. The molecule has 0 spiro atoms. The van der Waals surface area contributed by atoms with Gasteiger partial charge in [0.25, 0.3) is 5.92 Å². The minimum absolute atomic E-state index is 0.0168. The molecule has 1 aliphatic rings. The van der Waals surface area contributed by atoms with Crippen molar-refractivity contribution in [2.75, 3.05) is 6.54 Å². The number of hydrogen-bond donors (Lipinski definition) is 1. The first-order valence-electron chi connectivity index (χ1n) is 5.08. The Kier molecular flexibility index (Phi) is 2.12. The Bertz CT molecular complexity index is 380. The van der Waals surface area contributed by atoms with Crippen LogP contribution in [-0.2, 0) is 5.41 Å². The summed E-state index contributed by atoms with van der Waals surface area (Å²) < 4.78 is 26.6. The zero-order valence-electron chi connectivity index (χ0n) is 8.98. The van der Waals surface area contributed by atoms with Crippen molar-refractivity contribution in [2.45, 2.75) is 31.6 Å². The molecule has 0 aromatic heterocycles. The Morgan fingerprint density at radius 3 is 2.00 bits per heavy atom. The summed E-state index contributed by atoms with van der Waals surface area (Å²) in [6.07, 6.45) is -0.112. The van der Waals surface area contributed by atoms with E-state index in [-0.39, 0.29) is 13.0 Å². The van der Waals surface area contributed by atoms with Crippen molar-refractivity contribution in [1.29, 1.82) is 0 Å². The van der Waals surface area contributed by atoms with Crippen molar-refractivity contribution in [2.24, 2.45) is 5.73 Å². The summed E-state index contributed by atoms with van der Waals surface area (Å²) in [5, 5.41) is 0. The third kappa shape index (κ3) is 1.46. The van der Waals surface area contributed by atoms with E-state index in [1.54, 1.807) is 0 Å². The first kappa shape index (κ1) is 10.6. The first-order valence-corrected chi connectivity index (χ1v) is 5.08. The third-order valence-corrected chi connectivity index (χ3v) is 3.22. The quantitative estimate of drug-likeness (QED) is 0.799. The van der Waals surface area contributed by atoms with E-state index in [9.17, 15) is 8.78 Å². The number of benzene rings is 1. The van der Waals surface area contributed by atoms with Gasteiger partial charge in [-0.05, 0) is 19.4 Å². The van der Waals surface area contributed by atoms with E-state index in [2.05, 4.69) is 0 Å². The molecule has 1 saturated carbocycles. The second-order valence-corrected chi connectivity index (χ2v) is 4.54. The highest BCUT2D eigenvalue weighted by atomic mass is 19.3. The monoisotopic (exact) mass is 211 g/mol. The Labute approximate surface area is 88.3 Å². The van der Waals surface area contributed by atoms with Gasteiger partial charge >= 0.3 is 0 Å². The van der Waals surface area contributed by atoms with Crippen LogP contribution >= 0.6 is 0 Å². The maximum Gasteiger partial charge on any atom is 0.260 e. The minimum atomic E-state index is -2.62. The van der Waals surface area contributed by atoms with Gasteiger partial charge in [0.2, 0.25) is 0 Å². The van der Waals surface area contributed by atoms with Gasteiger partial charge in [-0.1, -0.05) is 29.3 Å². The van der Waals surface area contributed by atoms with E-state index in [1.165, 1.54) is 0 Å². The molecule has 0 aliphatic heterocycles. The van der Waals surface area contributed by atoms with Crippen molar-refractivity contribution in [3.8, 4) is 0 Å². The molecule has 2 N–H and O–H groups in total. The van der Waals surface area contributed by atoms with Crippen LogP contribution in [0.5, 0.6) is 0 Å². The van der Waals surface area contributed by atoms with Gasteiger partial charge in [0.15, 0.2) is 0 Å². The Morgan fingerprint density at radius 2 is 1.67 bits per heavy atom. The van der Waals surface area contributed by atoms with Crippen molar-refractivity contribution < 1.29 is 8.78 Å². The van der Waals surface area contributed by atoms with Crippen LogP contribution in [0, 0.1) is 13.8 Å². The molecule has 2 rings (SSSR count). The van der Waals surface area contributed by atoms with E-state index >= 15 is 0 Å². The molecule has 1 aromatic carbocycles. The van der Waals surface area contributed by atoms with Gasteiger partial charge in [0, 0.05) is 13.0 Å². The molecule has 0 saturated heterocycles. The zero-order chi connectivity index (χ0) is 11.3. The van der Waals surface area contributed by atoms with Crippen LogP contribution in [-0.4, -0.2) is 12.5 Å². The van der Waals surface area contributed by atoms with E-state index in [0.717, 1.165) is 11.1 Å².